The highest BCUT2D eigenvalue weighted by Crippen LogP contribution is 2.40. The Morgan fingerprint density at radius 3 is 1.12 bits per heavy atom. The number of nitrogens with one attached hydrogen (secondary N) is 4. The van der Waals surface area contributed by atoms with E-state index in [1.807, 2.05) is 60.7 Å². The Morgan fingerprint density at radius 2 is 0.833 bits per heavy atom. The number of hydrogen-bond donors (Lipinski definition) is 4. The maximum absolute atomic E-state index is 14.5. The van der Waals surface area contributed by atoms with Crippen LogP contribution >= 0.6 is 0 Å². The van der Waals surface area contributed by atoms with Crippen molar-refractivity contribution in [3.8, 4) is 23.0 Å². The molecule has 15 heteroatoms. The van der Waals surface area contributed by atoms with E-state index in [0.717, 1.165) is 70.2 Å². The lowest BCUT2D eigenvalue weighted by molar-refractivity contribution is -0.123. The number of fused-ring (bicyclic) bond motifs is 6. The highest BCUT2D eigenvalue weighted by molar-refractivity contribution is 5.99. The van der Waals surface area contributed by atoms with Crippen molar-refractivity contribution in [2.24, 2.45) is 0 Å². The van der Waals surface area contributed by atoms with Gasteiger partial charge in [0.1, 0.15) is 40.7 Å². The second-order valence-corrected chi connectivity index (χ2v) is 19.6. The third-order valence-corrected chi connectivity index (χ3v) is 12.2. The average Bonchev–Trinajstić information content (AvgIpc) is 3.33. The van der Waals surface area contributed by atoms with Crippen LogP contribution in [0, 0.1) is 0 Å². The van der Waals surface area contributed by atoms with Gasteiger partial charge in [-0.15, -0.1) is 0 Å². The van der Waals surface area contributed by atoms with E-state index in [1.54, 1.807) is 34.6 Å². The van der Waals surface area contributed by atoms with Crippen LogP contribution in [0.25, 0.3) is 0 Å². The van der Waals surface area contributed by atoms with E-state index >= 15 is 0 Å². The first kappa shape index (κ1) is 54.6. The largest absolute Gasteiger partial charge is 0.493 e. The summed E-state index contributed by atoms with van der Waals surface area (Å²) in [5.74, 6) is 0.863. The molecule has 1 heterocycles. The first-order valence-electron chi connectivity index (χ1n) is 25.7. The van der Waals surface area contributed by atoms with Crippen molar-refractivity contribution in [3.05, 3.63) is 116 Å². The van der Waals surface area contributed by atoms with Crippen LogP contribution < -0.4 is 40.2 Å². The van der Waals surface area contributed by atoms with Gasteiger partial charge >= 0.3 is 6.09 Å². The molecule has 0 unspecified atom stereocenters. The molecular formula is C57H75N5O10. The Bertz CT molecular complexity index is 2320. The summed E-state index contributed by atoms with van der Waals surface area (Å²) in [6.45, 7) is 18.6. The van der Waals surface area contributed by atoms with Gasteiger partial charge in [0, 0.05) is 63.0 Å². The van der Waals surface area contributed by atoms with Crippen LogP contribution in [0.5, 0.6) is 23.0 Å². The van der Waals surface area contributed by atoms with Crippen LogP contribution in [0.3, 0.4) is 0 Å². The Balaban J connectivity index is 1.61. The minimum Gasteiger partial charge on any atom is -0.493 e. The zero-order valence-electron chi connectivity index (χ0n) is 43.8. The van der Waals surface area contributed by atoms with Gasteiger partial charge in [-0.25, -0.2) is 4.79 Å². The molecule has 0 saturated heterocycles. The molecule has 72 heavy (non-hydrogen) atoms. The van der Waals surface area contributed by atoms with E-state index in [0.29, 0.717) is 86.2 Å². The van der Waals surface area contributed by atoms with Crippen molar-refractivity contribution in [3.63, 3.8) is 0 Å². The number of hydrogen-bond acceptors (Lipinski definition) is 10. The molecule has 4 N–H and O–H groups in total. The molecule has 6 rings (SSSR count). The number of carbonyl (C=O) groups is 5. The molecule has 0 saturated carbocycles. The molecule has 0 radical (unpaired) electrons. The minimum atomic E-state index is -0.962. The molecule has 1 aliphatic heterocycles. The second kappa shape index (κ2) is 25.6. The van der Waals surface area contributed by atoms with Crippen molar-refractivity contribution >= 4 is 29.7 Å². The summed E-state index contributed by atoms with van der Waals surface area (Å²) in [5.41, 5.74) is 6.39. The summed E-state index contributed by atoms with van der Waals surface area (Å²) in [4.78, 5) is 71.1. The summed E-state index contributed by atoms with van der Waals surface area (Å²) < 4.78 is 32.4. The number of nitrogens with zero attached hydrogens (tertiary/aromatic N) is 1. The number of para-hydroxylation sites is 2. The number of benzene rings is 4. The van der Waals surface area contributed by atoms with Crippen LogP contribution in [0.15, 0.2) is 60.7 Å². The summed E-state index contributed by atoms with van der Waals surface area (Å²) in [6.07, 6.45) is 3.69. The standard InChI is InChI=1S/C57H75N5O10/c1-10-24-68-48-38-16-14-17-39(48)29-43-33-47-35-45(51(43)71-27-13-4)31-41-19-15-18-40(49(41)69-25-11-2)30-44-34-46(32-42(28-38)50(44)70-26-12-3)54(65)60-36(5)52(63)58-20-22-62(56(67)72-57(7,8)9)23-21-59-53(64)37(6)61-55(47)66/h14-19,32-37H,10-13,20-31H2,1-9H3,(H,58,63)(H,59,64)(H,60,65)(H,61,66)/t36-,37-/m0/s1. The monoisotopic (exact) mass is 990 g/mol. The molecule has 0 fully saturated rings. The van der Waals surface area contributed by atoms with Gasteiger partial charge in [-0.2, -0.15) is 0 Å². The van der Waals surface area contributed by atoms with E-state index in [2.05, 4.69) is 49.0 Å². The minimum absolute atomic E-state index is 0.0334. The smallest absolute Gasteiger partial charge is 0.410 e. The fourth-order valence-corrected chi connectivity index (χ4v) is 8.75. The van der Waals surface area contributed by atoms with Gasteiger partial charge in [0.2, 0.25) is 11.8 Å². The average molecular weight is 990 g/mol. The zero-order chi connectivity index (χ0) is 52.0. The van der Waals surface area contributed by atoms with Gasteiger partial charge in [-0.05, 0) is 129 Å². The van der Waals surface area contributed by atoms with Gasteiger partial charge in [-0.3, -0.25) is 19.2 Å². The fraction of sp³-hybridized carbons (Fsp3) is 0.491. The van der Waals surface area contributed by atoms with Crippen molar-refractivity contribution in [2.45, 2.75) is 131 Å². The molecule has 1 aliphatic carbocycles. The van der Waals surface area contributed by atoms with E-state index in [1.165, 1.54) is 4.90 Å². The highest BCUT2D eigenvalue weighted by atomic mass is 16.6. The van der Waals surface area contributed by atoms with Crippen LogP contribution in [-0.2, 0) is 40.0 Å². The van der Waals surface area contributed by atoms with Gasteiger partial charge in [-0.1, -0.05) is 64.1 Å². The van der Waals surface area contributed by atoms with Crippen LogP contribution in [0.4, 0.5) is 4.79 Å². The topological polar surface area (TPSA) is 183 Å². The third-order valence-electron chi connectivity index (χ3n) is 12.2. The molecule has 0 spiro atoms. The molecule has 388 valence electrons. The van der Waals surface area contributed by atoms with Gasteiger partial charge in [0.15, 0.2) is 0 Å². The van der Waals surface area contributed by atoms with Gasteiger partial charge < -0.3 is 49.9 Å². The quantitative estimate of drug-likeness (QED) is 0.0950. The highest BCUT2D eigenvalue weighted by Gasteiger charge is 2.28. The van der Waals surface area contributed by atoms with Crippen molar-refractivity contribution in [2.75, 3.05) is 52.6 Å². The van der Waals surface area contributed by atoms with E-state index < -0.39 is 47.4 Å². The molecular weight excluding hydrogens is 915 g/mol. The third kappa shape index (κ3) is 14.4. The molecule has 4 aromatic carbocycles. The van der Waals surface area contributed by atoms with Crippen molar-refractivity contribution in [1.29, 1.82) is 0 Å². The van der Waals surface area contributed by atoms with Gasteiger partial charge in [0.25, 0.3) is 11.8 Å². The van der Waals surface area contributed by atoms with E-state index in [9.17, 15) is 24.0 Å². The molecule has 5 amide bonds. The molecule has 2 aliphatic rings. The zero-order valence-corrected chi connectivity index (χ0v) is 43.8. The van der Waals surface area contributed by atoms with Crippen molar-refractivity contribution < 1.29 is 47.7 Å². The van der Waals surface area contributed by atoms with Crippen LogP contribution in [0.2, 0.25) is 0 Å². The summed E-state index contributed by atoms with van der Waals surface area (Å²) in [6, 6.07) is 17.5. The molecule has 10 bridgehead atoms. The van der Waals surface area contributed by atoms with E-state index in [-0.39, 0.29) is 26.2 Å². The number of rotatable bonds is 12. The van der Waals surface area contributed by atoms with Gasteiger partial charge in [0.05, 0.1) is 26.4 Å². The summed E-state index contributed by atoms with van der Waals surface area (Å²) in [5, 5.41) is 11.5. The first-order valence-corrected chi connectivity index (χ1v) is 25.7. The molecule has 15 nitrogen and oxygen atoms in total. The maximum Gasteiger partial charge on any atom is 0.410 e. The molecule has 0 aromatic heterocycles. The molecule has 2 atom stereocenters. The predicted molar refractivity (Wildman–Crippen MR) is 278 cm³/mol. The lowest BCUT2D eigenvalue weighted by atomic mass is 9.89. The Labute approximate surface area is 425 Å². The fourth-order valence-electron chi connectivity index (χ4n) is 8.75. The number of carbonyl (C=O) groups excluding carboxylic acids is 5. The number of amides is 5. The van der Waals surface area contributed by atoms with Crippen LogP contribution in [0.1, 0.15) is 153 Å². The lowest BCUT2D eigenvalue weighted by Crippen LogP contribution is -2.50. The van der Waals surface area contributed by atoms with Crippen molar-refractivity contribution in [1.82, 2.24) is 26.2 Å². The Morgan fingerprint density at radius 1 is 0.528 bits per heavy atom. The summed E-state index contributed by atoms with van der Waals surface area (Å²) >= 11 is 0. The number of ether oxygens (including phenoxy) is 5. The Hall–Kier alpha value is -6.77. The Kier molecular flexibility index (Phi) is 19.4. The van der Waals surface area contributed by atoms with E-state index in [4.69, 9.17) is 23.7 Å². The first-order chi connectivity index (χ1) is 34.5. The maximum atomic E-state index is 14.5. The summed E-state index contributed by atoms with van der Waals surface area (Å²) in [7, 11) is 0. The SMILES string of the molecule is CCCOc1c2cccc1Cc1cc3cc(c1OCCC)Cc1cccc(c1OCCC)Cc1cc(cc(c1OCCC)C2)C(=O)N[C@@H](C)C(=O)NCCN(C(=O)OC(C)(C)C)CCNC(=O)[C@H](C)NC3=O. The molecule has 4 aromatic rings. The second-order valence-electron chi connectivity index (χ2n) is 19.6. The van der Waals surface area contributed by atoms with Crippen LogP contribution in [-0.4, -0.2) is 105 Å². The lowest BCUT2D eigenvalue weighted by Gasteiger charge is -2.28. The predicted octanol–water partition coefficient (Wildman–Crippen LogP) is 8.24. The normalized spacial score (nSPS) is 17.0.